The summed E-state index contributed by atoms with van der Waals surface area (Å²) in [5.74, 6) is 0. The third-order valence-corrected chi connectivity index (χ3v) is 5.65. The highest BCUT2D eigenvalue weighted by molar-refractivity contribution is 7.89. The van der Waals surface area contributed by atoms with E-state index < -0.39 is 15.6 Å². The van der Waals surface area contributed by atoms with Gasteiger partial charge >= 0.3 is 0 Å². The molecule has 0 aromatic heterocycles. The Hall–Kier alpha value is -0.950. The summed E-state index contributed by atoms with van der Waals surface area (Å²) in [6, 6.07) is 7.04. The smallest absolute Gasteiger partial charge is 0.241 e. The molecule has 118 valence electrons. The van der Waals surface area contributed by atoms with Crippen molar-refractivity contribution in [1.82, 2.24) is 10.0 Å². The molecule has 1 aromatic rings. The van der Waals surface area contributed by atoms with Crippen molar-refractivity contribution in [3.63, 3.8) is 0 Å². The Morgan fingerprint density at radius 1 is 1.43 bits per heavy atom. The maximum absolute atomic E-state index is 12.6. The Morgan fingerprint density at radius 3 is 2.81 bits per heavy atom. The largest absolute Gasteiger partial charge is 0.376 e. The van der Waals surface area contributed by atoms with E-state index in [1.54, 1.807) is 18.2 Å². The predicted octanol–water partition coefficient (Wildman–Crippen LogP) is 1.64. The van der Waals surface area contributed by atoms with Crippen molar-refractivity contribution >= 4 is 10.0 Å². The minimum absolute atomic E-state index is 0.128. The minimum atomic E-state index is -3.54. The van der Waals surface area contributed by atoms with E-state index in [2.05, 4.69) is 10.0 Å². The van der Waals surface area contributed by atoms with Crippen LogP contribution in [0.4, 0.5) is 0 Å². The first-order valence-electron chi connectivity index (χ1n) is 7.32. The molecule has 1 aliphatic rings. The summed E-state index contributed by atoms with van der Waals surface area (Å²) in [5, 5.41) is 3.20. The second kappa shape index (κ2) is 6.44. The third kappa shape index (κ3) is 3.83. The van der Waals surface area contributed by atoms with Crippen LogP contribution in [-0.2, 0) is 21.3 Å². The molecule has 1 fully saturated rings. The van der Waals surface area contributed by atoms with Gasteiger partial charge in [-0.25, -0.2) is 13.1 Å². The van der Waals surface area contributed by atoms with E-state index in [1.807, 2.05) is 26.8 Å². The van der Waals surface area contributed by atoms with Crippen molar-refractivity contribution < 1.29 is 13.2 Å². The lowest BCUT2D eigenvalue weighted by molar-refractivity contribution is 0.0957. The van der Waals surface area contributed by atoms with Crippen LogP contribution in [-0.4, -0.2) is 33.2 Å². The van der Waals surface area contributed by atoms with Crippen LogP contribution in [0.25, 0.3) is 0 Å². The Labute approximate surface area is 127 Å². The molecule has 0 saturated carbocycles. The zero-order valence-corrected chi connectivity index (χ0v) is 13.7. The number of benzene rings is 1. The van der Waals surface area contributed by atoms with Gasteiger partial charge in [-0.15, -0.1) is 0 Å². The molecular formula is C15H24N2O3S. The molecule has 2 rings (SSSR count). The number of rotatable bonds is 6. The minimum Gasteiger partial charge on any atom is -0.376 e. The fraction of sp³-hybridized carbons (Fsp3) is 0.600. The summed E-state index contributed by atoms with van der Waals surface area (Å²) < 4.78 is 33.5. The molecule has 1 aromatic carbocycles. The maximum atomic E-state index is 12.6. The molecule has 1 saturated heterocycles. The van der Waals surface area contributed by atoms with Gasteiger partial charge in [0.2, 0.25) is 10.0 Å². The quantitative estimate of drug-likeness (QED) is 0.838. The first kappa shape index (κ1) is 16.4. The summed E-state index contributed by atoms with van der Waals surface area (Å²) in [7, 11) is -3.54. The standard InChI is InChI=1S/C15H24N2O3S/c1-4-16-11-13-6-5-7-14(10-13)21(18,19)17-15(3)8-9-20-12(15)2/h5-7,10,12,16-17H,4,8-9,11H2,1-3H3. The number of hydrogen-bond donors (Lipinski definition) is 2. The van der Waals surface area contributed by atoms with Gasteiger partial charge in [0.25, 0.3) is 0 Å². The predicted molar refractivity (Wildman–Crippen MR) is 82.6 cm³/mol. The van der Waals surface area contributed by atoms with E-state index in [4.69, 9.17) is 4.74 Å². The lowest BCUT2D eigenvalue weighted by Crippen LogP contribution is -2.50. The highest BCUT2D eigenvalue weighted by Gasteiger charge is 2.40. The second-order valence-corrected chi connectivity index (χ2v) is 7.40. The maximum Gasteiger partial charge on any atom is 0.241 e. The van der Waals surface area contributed by atoms with Gasteiger partial charge in [-0.1, -0.05) is 19.1 Å². The number of sulfonamides is 1. The van der Waals surface area contributed by atoms with Crippen molar-refractivity contribution in [2.24, 2.45) is 0 Å². The van der Waals surface area contributed by atoms with Crippen LogP contribution in [0.2, 0.25) is 0 Å². The van der Waals surface area contributed by atoms with Gasteiger partial charge in [-0.05, 0) is 44.5 Å². The van der Waals surface area contributed by atoms with Crippen molar-refractivity contribution in [3.05, 3.63) is 29.8 Å². The highest BCUT2D eigenvalue weighted by atomic mass is 32.2. The molecule has 0 spiro atoms. The van der Waals surface area contributed by atoms with Crippen LogP contribution < -0.4 is 10.0 Å². The first-order chi connectivity index (χ1) is 9.87. The normalized spacial score (nSPS) is 26.1. The summed E-state index contributed by atoms with van der Waals surface area (Å²) in [6.07, 6.45) is 0.557. The van der Waals surface area contributed by atoms with Gasteiger partial charge in [0.15, 0.2) is 0 Å². The van der Waals surface area contributed by atoms with E-state index in [0.717, 1.165) is 12.1 Å². The molecule has 0 aliphatic carbocycles. The summed E-state index contributed by atoms with van der Waals surface area (Å²) in [6.45, 7) is 7.91. The van der Waals surface area contributed by atoms with E-state index in [0.29, 0.717) is 24.5 Å². The molecule has 0 amide bonds. The topological polar surface area (TPSA) is 67.4 Å². The SMILES string of the molecule is CCNCc1cccc(S(=O)(=O)NC2(C)CCOC2C)c1. The summed E-state index contributed by atoms with van der Waals surface area (Å²) >= 11 is 0. The van der Waals surface area contributed by atoms with Gasteiger partial charge in [0, 0.05) is 13.2 Å². The average molecular weight is 312 g/mol. The monoisotopic (exact) mass is 312 g/mol. The van der Waals surface area contributed by atoms with Crippen LogP contribution in [0.5, 0.6) is 0 Å². The van der Waals surface area contributed by atoms with E-state index in [9.17, 15) is 8.42 Å². The Kier molecular flexibility index (Phi) is 5.03. The summed E-state index contributed by atoms with van der Waals surface area (Å²) in [5.41, 5.74) is 0.414. The van der Waals surface area contributed by atoms with Gasteiger partial charge in [-0.3, -0.25) is 0 Å². The first-order valence-corrected chi connectivity index (χ1v) is 8.81. The molecule has 0 radical (unpaired) electrons. The fourth-order valence-corrected chi connectivity index (χ4v) is 3.99. The molecule has 2 atom stereocenters. The number of hydrogen-bond acceptors (Lipinski definition) is 4. The van der Waals surface area contributed by atoms with Crippen LogP contribution in [0.1, 0.15) is 32.8 Å². The lowest BCUT2D eigenvalue weighted by Gasteiger charge is -2.28. The van der Waals surface area contributed by atoms with Crippen molar-refractivity contribution in [3.8, 4) is 0 Å². The highest BCUT2D eigenvalue weighted by Crippen LogP contribution is 2.27. The van der Waals surface area contributed by atoms with Crippen LogP contribution in [0.15, 0.2) is 29.2 Å². The van der Waals surface area contributed by atoms with E-state index >= 15 is 0 Å². The molecule has 2 unspecified atom stereocenters. The van der Waals surface area contributed by atoms with Crippen molar-refractivity contribution in [1.29, 1.82) is 0 Å². The average Bonchev–Trinajstić information content (AvgIpc) is 2.75. The molecule has 2 N–H and O–H groups in total. The molecular weight excluding hydrogens is 288 g/mol. The molecule has 1 aliphatic heterocycles. The van der Waals surface area contributed by atoms with Gasteiger partial charge in [0.1, 0.15) is 0 Å². The zero-order chi connectivity index (χ0) is 15.5. The lowest BCUT2D eigenvalue weighted by atomic mass is 9.97. The zero-order valence-electron chi connectivity index (χ0n) is 12.8. The molecule has 0 bridgehead atoms. The molecule has 5 nitrogen and oxygen atoms in total. The molecule has 21 heavy (non-hydrogen) atoms. The van der Waals surface area contributed by atoms with Gasteiger partial charge < -0.3 is 10.1 Å². The van der Waals surface area contributed by atoms with Crippen LogP contribution >= 0.6 is 0 Å². The molecule has 1 heterocycles. The van der Waals surface area contributed by atoms with Crippen LogP contribution in [0, 0.1) is 0 Å². The second-order valence-electron chi connectivity index (χ2n) is 5.71. The van der Waals surface area contributed by atoms with Gasteiger partial charge in [-0.2, -0.15) is 0 Å². The van der Waals surface area contributed by atoms with Gasteiger partial charge in [0.05, 0.1) is 16.5 Å². The Balaban J connectivity index is 2.19. The number of nitrogens with one attached hydrogen (secondary N) is 2. The fourth-order valence-electron chi connectivity index (χ4n) is 2.43. The summed E-state index contributed by atoms with van der Waals surface area (Å²) in [4.78, 5) is 0.304. The third-order valence-electron chi connectivity index (χ3n) is 4.04. The Bertz CT molecular complexity index is 588. The number of ether oxygens (including phenoxy) is 1. The van der Waals surface area contributed by atoms with E-state index in [1.165, 1.54) is 0 Å². The molecule has 6 heteroatoms. The Morgan fingerprint density at radius 2 is 2.19 bits per heavy atom. The van der Waals surface area contributed by atoms with E-state index in [-0.39, 0.29) is 6.10 Å². The van der Waals surface area contributed by atoms with Crippen molar-refractivity contribution in [2.45, 2.75) is 50.3 Å². The van der Waals surface area contributed by atoms with Crippen molar-refractivity contribution in [2.75, 3.05) is 13.2 Å². The van der Waals surface area contributed by atoms with Crippen LogP contribution in [0.3, 0.4) is 0 Å².